The van der Waals surface area contributed by atoms with Gasteiger partial charge in [0, 0.05) is 18.5 Å². The van der Waals surface area contributed by atoms with E-state index < -0.39 is 0 Å². The molecule has 1 fully saturated rings. The molecule has 3 nitrogen and oxygen atoms in total. The molecule has 1 N–H and O–H groups in total. The first-order valence-electron chi connectivity index (χ1n) is 6.74. The Hall–Kier alpha value is -1.39. The van der Waals surface area contributed by atoms with Gasteiger partial charge in [-0.25, -0.2) is 4.39 Å². The van der Waals surface area contributed by atoms with Crippen LogP contribution in [0.4, 0.5) is 4.39 Å². The zero-order valence-electron chi connectivity index (χ0n) is 11.0. The number of halogens is 1. The molecule has 1 aromatic heterocycles. The summed E-state index contributed by atoms with van der Waals surface area (Å²) in [4.78, 5) is 0. The van der Waals surface area contributed by atoms with Gasteiger partial charge in [0.2, 0.25) is 0 Å². The first-order chi connectivity index (χ1) is 9.24. The summed E-state index contributed by atoms with van der Waals surface area (Å²) in [5.74, 6) is 0.647. The summed E-state index contributed by atoms with van der Waals surface area (Å²) >= 11 is 0. The number of furan rings is 1. The summed E-state index contributed by atoms with van der Waals surface area (Å²) in [6, 6.07) is 4.63. The van der Waals surface area contributed by atoms with Crippen LogP contribution in [0.1, 0.15) is 24.2 Å². The third-order valence-corrected chi connectivity index (χ3v) is 3.68. The van der Waals surface area contributed by atoms with Crippen molar-refractivity contribution in [3.8, 4) is 0 Å². The molecule has 2 aromatic rings. The van der Waals surface area contributed by atoms with Crippen LogP contribution in [0.25, 0.3) is 11.0 Å². The molecule has 2 heterocycles. The Kier molecular flexibility index (Phi) is 3.53. The molecular formula is C15H18FNO2. The van der Waals surface area contributed by atoms with E-state index in [0.29, 0.717) is 12.6 Å². The van der Waals surface area contributed by atoms with Gasteiger partial charge >= 0.3 is 0 Å². The Morgan fingerprint density at radius 1 is 1.42 bits per heavy atom. The van der Waals surface area contributed by atoms with Gasteiger partial charge in [0.25, 0.3) is 0 Å². The van der Waals surface area contributed by atoms with Crippen LogP contribution in [0.2, 0.25) is 0 Å². The molecule has 1 unspecified atom stereocenters. The van der Waals surface area contributed by atoms with E-state index in [0.717, 1.165) is 48.3 Å². The van der Waals surface area contributed by atoms with Crippen LogP contribution in [-0.2, 0) is 11.3 Å². The van der Waals surface area contributed by atoms with Crippen molar-refractivity contribution < 1.29 is 13.5 Å². The molecule has 1 atom stereocenters. The van der Waals surface area contributed by atoms with Gasteiger partial charge < -0.3 is 14.5 Å². The number of nitrogens with one attached hydrogen (secondary N) is 1. The highest BCUT2D eigenvalue weighted by Gasteiger charge is 2.16. The monoisotopic (exact) mass is 263 g/mol. The number of fused-ring (bicyclic) bond motifs is 1. The standard InChI is InChI=1S/C15H18FNO2/c1-10-13-7-11(16)4-5-14(13)19-15(10)9-17-8-12-3-2-6-18-12/h4-5,7,12,17H,2-3,6,8-9H2,1H3. The molecule has 102 valence electrons. The van der Waals surface area contributed by atoms with Crippen molar-refractivity contribution in [2.75, 3.05) is 13.2 Å². The maximum Gasteiger partial charge on any atom is 0.134 e. The third kappa shape index (κ3) is 2.65. The first kappa shape index (κ1) is 12.6. The lowest BCUT2D eigenvalue weighted by molar-refractivity contribution is 0.109. The summed E-state index contributed by atoms with van der Waals surface area (Å²) in [5, 5.41) is 4.20. The lowest BCUT2D eigenvalue weighted by Gasteiger charge is -2.09. The van der Waals surface area contributed by atoms with Crippen LogP contribution in [0.5, 0.6) is 0 Å². The first-order valence-corrected chi connectivity index (χ1v) is 6.74. The largest absolute Gasteiger partial charge is 0.459 e. The van der Waals surface area contributed by atoms with E-state index >= 15 is 0 Å². The predicted octanol–water partition coefficient (Wildman–Crippen LogP) is 3.15. The highest BCUT2D eigenvalue weighted by molar-refractivity contribution is 5.82. The highest BCUT2D eigenvalue weighted by Crippen LogP contribution is 2.25. The number of rotatable bonds is 4. The van der Waals surface area contributed by atoms with E-state index in [1.54, 1.807) is 6.07 Å². The van der Waals surface area contributed by atoms with E-state index in [4.69, 9.17) is 9.15 Å². The summed E-state index contributed by atoms with van der Waals surface area (Å²) in [7, 11) is 0. The zero-order valence-corrected chi connectivity index (χ0v) is 11.0. The van der Waals surface area contributed by atoms with Crippen LogP contribution >= 0.6 is 0 Å². The number of hydrogen-bond donors (Lipinski definition) is 1. The molecule has 0 aliphatic carbocycles. The summed E-state index contributed by atoms with van der Waals surface area (Å²) in [6.45, 7) is 4.33. The lowest BCUT2D eigenvalue weighted by atomic mass is 10.1. The second-order valence-electron chi connectivity index (χ2n) is 5.06. The van der Waals surface area contributed by atoms with Crippen molar-refractivity contribution in [3.63, 3.8) is 0 Å². The van der Waals surface area contributed by atoms with E-state index in [9.17, 15) is 4.39 Å². The van der Waals surface area contributed by atoms with Gasteiger partial charge in [-0.2, -0.15) is 0 Å². The number of aryl methyl sites for hydroxylation is 1. The molecule has 19 heavy (non-hydrogen) atoms. The van der Waals surface area contributed by atoms with Crippen molar-refractivity contribution in [2.24, 2.45) is 0 Å². The highest BCUT2D eigenvalue weighted by atomic mass is 19.1. The molecular weight excluding hydrogens is 245 g/mol. The normalized spacial score (nSPS) is 19.4. The van der Waals surface area contributed by atoms with Gasteiger partial charge in [0.1, 0.15) is 17.2 Å². The van der Waals surface area contributed by atoms with Gasteiger partial charge in [-0.15, -0.1) is 0 Å². The summed E-state index contributed by atoms with van der Waals surface area (Å²) < 4.78 is 24.5. The minimum atomic E-state index is -0.227. The van der Waals surface area contributed by atoms with Crippen molar-refractivity contribution in [1.82, 2.24) is 5.32 Å². The fraction of sp³-hybridized carbons (Fsp3) is 0.467. The van der Waals surface area contributed by atoms with Crippen LogP contribution in [0.3, 0.4) is 0 Å². The number of ether oxygens (including phenoxy) is 1. The van der Waals surface area contributed by atoms with Gasteiger partial charge in [-0.05, 0) is 43.5 Å². The van der Waals surface area contributed by atoms with E-state index in [2.05, 4.69) is 5.32 Å². The molecule has 0 amide bonds. The predicted molar refractivity (Wildman–Crippen MR) is 71.6 cm³/mol. The molecule has 1 aliphatic heterocycles. The fourth-order valence-electron chi connectivity index (χ4n) is 2.56. The van der Waals surface area contributed by atoms with Gasteiger partial charge in [0.15, 0.2) is 0 Å². The average Bonchev–Trinajstić information content (AvgIpc) is 3.00. The minimum Gasteiger partial charge on any atom is -0.459 e. The number of hydrogen-bond acceptors (Lipinski definition) is 3. The maximum atomic E-state index is 13.2. The maximum absolute atomic E-state index is 13.2. The average molecular weight is 263 g/mol. The Morgan fingerprint density at radius 2 is 2.32 bits per heavy atom. The second-order valence-corrected chi connectivity index (χ2v) is 5.06. The molecule has 4 heteroatoms. The summed E-state index contributed by atoms with van der Waals surface area (Å²) in [6.07, 6.45) is 2.59. The molecule has 1 aromatic carbocycles. The van der Waals surface area contributed by atoms with E-state index in [1.807, 2.05) is 6.92 Å². The van der Waals surface area contributed by atoms with E-state index in [-0.39, 0.29) is 5.82 Å². The topological polar surface area (TPSA) is 34.4 Å². The Labute approximate surface area is 111 Å². The quantitative estimate of drug-likeness (QED) is 0.920. The summed E-state index contributed by atoms with van der Waals surface area (Å²) in [5.41, 5.74) is 1.75. The zero-order chi connectivity index (χ0) is 13.2. The second kappa shape index (κ2) is 5.31. The third-order valence-electron chi connectivity index (χ3n) is 3.68. The molecule has 0 bridgehead atoms. The molecule has 3 rings (SSSR count). The van der Waals surface area contributed by atoms with Crippen molar-refractivity contribution in [3.05, 3.63) is 35.3 Å². The van der Waals surface area contributed by atoms with Crippen LogP contribution < -0.4 is 5.32 Å². The van der Waals surface area contributed by atoms with Crippen molar-refractivity contribution >= 4 is 11.0 Å². The minimum absolute atomic E-state index is 0.227. The van der Waals surface area contributed by atoms with Crippen LogP contribution in [-0.4, -0.2) is 19.3 Å². The van der Waals surface area contributed by atoms with Crippen molar-refractivity contribution in [2.45, 2.75) is 32.4 Å². The molecule has 0 radical (unpaired) electrons. The molecule has 0 saturated carbocycles. The molecule has 0 spiro atoms. The molecule has 1 aliphatic rings. The Bertz CT molecular complexity index is 573. The van der Waals surface area contributed by atoms with E-state index in [1.165, 1.54) is 12.1 Å². The van der Waals surface area contributed by atoms with Gasteiger partial charge in [0.05, 0.1) is 12.6 Å². The van der Waals surface area contributed by atoms with Crippen LogP contribution in [0, 0.1) is 12.7 Å². The molecule has 1 saturated heterocycles. The van der Waals surface area contributed by atoms with Crippen molar-refractivity contribution in [1.29, 1.82) is 0 Å². The van der Waals surface area contributed by atoms with Crippen LogP contribution in [0.15, 0.2) is 22.6 Å². The van der Waals surface area contributed by atoms with Gasteiger partial charge in [-0.3, -0.25) is 0 Å². The van der Waals surface area contributed by atoms with Gasteiger partial charge in [-0.1, -0.05) is 0 Å². The lowest BCUT2D eigenvalue weighted by Crippen LogP contribution is -2.25. The number of benzene rings is 1. The SMILES string of the molecule is Cc1c(CNCC2CCCO2)oc2ccc(F)cc12. The Morgan fingerprint density at radius 3 is 3.11 bits per heavy atom. The fourth-order valence-corrected chi connectivity index (χ4v) is 2.56. The Balaban J connectivity index is 1.68. The smallest absolute Gasteiger partial charge is 0.134 e.